The van der Waals surface area contributed by atoms with Crippen LogP contribution < -0.4 is 0 Å². The Hall–Kier alpha value is 0.400. The van der Waals surface area contributed by atoms with E-state index in [1.165, 1.54) is 0 Å². The van der Waals surface area contributed by atoms with Crippen molar-refractivity contribution in [3.63, 3.8) is 0 Å². The van der Waals surface area contributed by atoms with Crippen LogP contribution in [0.4, 0.5) is 0 Å². The molecule has 1 fully saturated rings. The largest absolute Gasteiger partial charge is 0.396 e. The third-order valence-electron chi connectivity index (χ3n) is 2.57. The number of halogens is 1. The fourth-order valence-electron chi connectivity index (χ4n) is 1.79. The van der Waals surface area contributed by atoms with E-state index in [1.807, 2.05) is 0 Å². The van der Waals surface area contributed by atoms with Crippen LogP contribution in [-0.4, -0.2) is 28.3 Å². The maximum atomic E-state index is 9.02. The maximum absolute atomic E-state index is 9.02. The Morgan fingerprint density at radius 2 is 1.91 bits per heavy atom. The minimum Gasteiger partial charge on any atom is -0.396 e. The lowest BCUT2D eigenvalue weighted by Gasteiger charge is -2.32. The van der Waals surface area contributed by atoms with Gasteiger partial charge in [0.2, 0.25) is 0 Å². The summed E-state index contributed by atoms with van der Waals surface area (Å²) in [4.78, 5) is 0.401. The summed E-state index contributed by atoms with van der Waals surface area (Å²) in [6.45, 7) is 0.411. The summed E-state index contributed by atoms with van der Waals surface area (Å²) in [5, 5.41) is 18.0. The second-order valence-corrected chi connectivity index (χ2v) is 4.41. The highest BCUT2D eigenvalue weighted by atomic mass is 79.9. The van der Waals surface area contributed by atoms with Gasteiger partial charge in [-0.1, -0.05) is 22.4 Å². The quantitative estimate of drug-likeness (QED) is 0.689. The Labute approximate surface area is 75.7 Å². The first-order valence-corrected chi connectivity index (χ1v) is 5.07. The molecule has 0 heterocycles. The molecule has 0 spiro atoms. The minimum absolute atomic E-state index is 0.196. The molecule has 0 saturated heterocycles. The van der Waals surface area contributed by atoms with Gasteiger partial charge >= 0.3 is 0 Å². The number of hydrogen-bond donors (Lipinski definition) is 2. The topological polar surface area (TPSA) is 40.5 Å². The molecule has 3 atom stereocenters. The van der Waals surface area contributed by atoms with Crippen LogP contribution in [0.1, 0.15) is 19.3 Å². The second kappa shape index (κ2) is 4.43. The average Bonchev–Trinajstić information content (AvgIpc) is 2.04. The van der Waals surface area contributed by atoms with Crippen molar-refractivity contribution in [1.29, 1.82) is 0 Å². The number of aliphatic hydroxyl groups is 2. The minimum atomic E-state index is 0.196. The zero-order valence-electron chi connectivity index (χ0n) is 6.54. The van der Waals surface area contributed by atoms with Crippen LogP contribution in [0.25, 0.3) is 0 Å². The van der Waals surface area contributed by atoms with E-state index in [-0.39, 0.29) is 19.1 Å². The van der Waals surface area contributed by atoms with E-state index in [4.69, 9.17) is 10.2 Å². The van der Waals surface area contributed by atoms with Gasteiger partial charge in [0.15, 0.2) is 0 Å². The molecule has 2 nitrogen and oxygen atoms in total. The Morgan fingerprint density at radius 3 is 2.36 bits per heavy atom. The molecule has 2 N–H and O–H groups in total. The summed E-state index contributed by atoms with van der Waals surface area (Å²) in [5.74, 6) is 0.562. The van der Waals surface area contributed by atoms with Crippen LogP contribution in [0.3, 0.4) is 0 Å². The summed E-state index contributed by atoms with van der Waals surface area (Å²) in [5.41, 5.74) is 0. The van der Waals surface area contributed by atoms with Gasteiger partial charge in [0.25, 0.3) is 0 Å². The van der Waals surface area contributed by atoms with Gasteiger partial charge in [0.1, 0.15) is 0 Å². The fraction of sp³-hybridized carbons (Fsp3) is 1.00. The van der Waals surface area contributed by atoms with Crippen LogP contribution in [0.5, 0.6) is 0 Å². The average molecular weight is 223 g/mol. The normalized spacial score (nSPS) is 39.0. The lowest BCUT2D eigenvalue weighted by molar-refractivity contribution is 0.0927. The van der Waals surface area contributed by atoms with E-state index < -0.39 is 0 Å². The lowest BCUT2D eigenvalue weighted by Crippen LogP contribution is -2.33. The highest BCUT2D eigenvalue weighted by Crippen LogP contribution is 2.33. The first-order valence-electron chi connectivity index (χ1n) is 4.15. The van der Waals surface area contributed by atoms with Crippen LogP contribution in [0.2, 0.25) is 0 Å². The third kappa shape index (κ3) is 2.17. The molecule has 0 aromatic heterocycles. The molecule has 3 heteroatoms. The van der Waals surface area contributed by atoms with E-state index in [2.05, 4.69) is 15.9 Å². The first kappa shape index (κ1) is 9.49. The molecule has 11 heavy (non-hydrogen) atoms. The molecule has 66 valence electrons. The van der Waals surface area contributed by atoms with Gasteiger partial charge in [-0.25, -0.2) is 0 Å². The van der Waals surface area contributed by atoms with E-state index in [0.717, 1.165) is 19.3 Å². The number of rotatable bonds is 2. The summed E-state index contributed by atoms with van der Waals surface area (Å²) < 4.78 is 0. The predicted molar refractivity (Wildman–Crippen MR) is 47.7 cm³/mol. The summed E-state index contributed by atoms with van der Waals surface area (Å²) in [6, 6.07) is 0. The van der Waals surface area contributed by atoms with Crippen molar-refractivity contribution in [2.75, 3.05) is 13.2 Å². The Bertz CT molecular complexity index is 119. The van der Waals surface area contributed by atoms with Crippen molar-refractivity contribution in [3.8, 4) is 0 Å². The van der Waals surface area contributed by atoms with Crippen LogP contribution >= 0.6 is 15.9 Å². The standard InChI is InChI=1S/C8H15BrO2/c9-8-3-1-2-6(4-10)7(8)5-11/h6-8,10-11H,1-5H2. The molecule has 0 radical (unpaired) electrons. The maximum Gasteiger partial charge on any atom is 0.0473 e. The molecule has 3 unspecified atom stereocenters. The van der Waals surface area contributed by atoms with Crippen LogP contribution in [-0.2, 0) is 0 Å². The summed E-state index contributed by atoms with van der Waals surface area (Å²) >= 11 is 3.52. The molecule has 0 aromatic rings. The Balaban J connectivity index is 2.48. The van der Waals surface area contributed by atoms with Crippen molar-refractivity contribution in [2.24, 2.45) is 11.8 Å². The molecule has 1 aliphatic carbocycles. The number of hydrogen-bond acceptors (Lipinski definition) is 2. The zero-order valence-corrected chi connectivity index (χ0v) is 8.13. The van der Waals surface area contributed by atoms with Gasteiger partial charge in [0.05, 0.1) is 0 Å². The van der Waals surface area contributed by atoms with E-state index in [0.29, 0.717) is 10.7 Å². The lowest BCUT2D eigenvalue weighted by atomic mass is 9.80. The monoisotopic (exact) mass is 222 g/mol. The SMILES string of the molecule is OCC1CCCC(Br)C1CO. The van der Waals surface area contributed by atoms with E-state index in [9.17, 15) is 0 Å². The van der Waals surface area contributed by atoms with Gasteiger partial charge in [-0.3, -0.25) is 0 Å². The highest BCUT2D eigenvalue weighted by Gasteiger charge is 2.30. The smallest absolute Gasteiger partial charge is 0.0473 e. The molecule has 0 amide bonds. The van der Waals surface area contributed by atoms with Gasteiger partial charge in [0, 0.05) is 18.0 Å². The van der Waals surface area contributed by atoms with E-state index in [1.54, 1.807) is 0 Å². The molecular formula is C8H15BrO2. The molecule has 0 aromatic carbocycles. The van der Waals surface area contributed by atoms with Crippen molar-refractivity contribution in [1.82, 2.24) is 0 Å². The molecule has 0 aliphatic heterocycles. The van der Waals surface area contributed by atoms with Crippen molar-refractivity contribution < 1.29 is 10.2 Å². The van der Waals surface area contributed by atoms with E-state index >= 15 is 0 Å². The molecular weight excluding hydrogens is 208 g/mol. The highest BCUT2D eigenvalue weighted by molar-refractivity contribution is 9.09. The second-order valence-electron chi connectivity index (χ2n) is 3.24. The van der Waals surface area contributed by atoms with Gasteiger partial charge in [-0.2, -0.15) is 0 Å². The molecule has 1 rings (SSSR count). The first-order chi connectivity index (χ1) is 5.29. The van der Waals surface area contributed by atoms with Crippen molar-refractivity contribution in [2.45, 2.75) is 24.1 Å². The van der Waals surface area contributed by atoms with Gasteiger partial charge < -0.3 is 10.2 Å². The number of aliphatic hydroxyl groups excluding tert-OH is 2. The Kier molecular flexibility index (Phi) is 3.82. The molecule has 1 aliphatic rings. The van der Waals surface area contributed by atoms with Gasteiger partial charge in [-0.15, -0.1) is 0 Å². The molecule has 1 saturated carbocycles. The van der Waals surface area contributed by atoms with Crippen molar-refractivity contribution >= 4 is 15.9 Å². The zero-order chi connectivity index (χ0) is 8.27. The van der Waals surface area contributed by atoms with Crippen LogP contribution in [0.15, 0.2) is 0 Å². The van der Waals surface area contributed by atoms with Crippen molar-refractivity contribution in [3.05, 3.63) is 0 Å². The van der Waals surface area contributed by atoms with Crippen LogP contribution in [0, 0.1) is 11.8 Å². The summed E-state index contributed by atoms with van der Waals surface area (Å²) in [6.07, 6.45) is 3.35. The summed E-state index contributed by atoms with van der Waals surface area (Å²) in [7, 11) is 0. The predicted octanol–water partition coefficient (Wildman–Crippen LogP) is 1.15. The fourth-order valence-corrected chi connectivity index (χ4v) is 2.71. The molecule has 0 bridgehead atoms. The number of alkyl halides is 1. The third-order valence-corrected chi connectivity index (χ3v) is 3.71. The Morgan fingerprint density at radius 1 is 1.18 bits per heavy atom. The van der Waals surface area contributed by atoms with Gasteiger partial charge in [-0.05, 0) is 24.7 Å².